The van der Waals surface area contributed by atoms with Gasteiger partial charge < -0.3 is 5.11 Å². The molecule has 15 heavy (non-hydrogen) atoms. The molecule has 4 nitrogen and oxygen atoms in total. The summed E-state index contributed by atoms with van der Waals surface area (Å²) in [5, 5.41) is 15.9. The van der Waals surface area contributed by atoms with Gasteiger partial charge in [0.1, 0.15) is 5.82 Å². The topological polar surface area (TPSA) is 63.1 Å². The minimum Gasteiger partial charge on any atom is -0.476 e. The number of aromatic nitrogens is 2. The first-order valence-corrected chi connectivity index (χ1v) is 4.32. The molecule has 0 radical (unpaired) electrons. The lowest BCUT2D eigenvalue weighted by atomic mass is 10.2. The van der Waals surface area contributed by atoms with Crippen molar-refractivity contribution in [2.24, 2.45) is 0 Å². The third-order valence-electron chi connectivity index (χ3n) is 1.86. The molecule has 1 aromatic heterocycles. The van der Waals surface area contributed by atoms with Crippen LogP contribution in [0.5, 0.6) is 0 Å². The Morgan fingerprint density at radius 3 is 2.80 bits per heavy atom. The molecule has 1 heterocycles. The molecule has 76 valence electrons. The van der Waals surface area contributed by atoms with Crippen molar-refractivity contribution in [3.05, 3.63) is 34.7 Å². The summed E-state index contributed by atoms with van der Waals surface area (Å²) in [6.45, 7) is 0. The Morgan fingerprint density at radius 2 is 2.13 bits per heavy atom. The molecule has 2 rings (SSSR count). The molecule has 0 saturated heterocycles. The second-order valence-corrected chi connectivity index (χ2v) is 3.21. The van der Waals surface area contributed by atoms with Crippen molar-refractivity contribution in [1.82, 2.24) is 10.2 Å². The summed E-state index contributed by atoms with van der Waals surface area (Å²) in [4.78, 5) is 10.7. The van der Waals surface area contributed by atoms with Gasteiger partial charge in [-0.05, 0) is 18.2 Å². The van der Waals surface area contributed by atoms with Crippen molar-refractivity contribution < 1.29 is 14.3 Å². The zero-order valence-corrected chi connectivity index (χ0v) is 7.99. The van der Waals surface area contributed by atoms with E-state index in [0.717, 1.165) is 6.07 Å². The normalized spacial score (nSPS) is 10.5. The average Bonchev–Trinajstić information content (AvgIpc) is 2.19. The monoisotopic (exact) mass is 226 g/mol. The lowest BCUT2D eigenvalue weighted by Gasteiger charge is -2.01. The number of hydrogen-bond donors (Lipinski definition) is 1. The number of aromatic carboxylic acids is 1. The van der Waals surface area contributed by atoms with E-state index >= 15 is 0 Å². The highest BCUT2D eigenvalue weighted by atomic mass is 35.5. The zero-order chi connectivity index (χ0) is 11.0. The molecule has 0 atom stereocenters. The number of nitrogens with zero attached hydrogens (tertiary/aromatic N) is 2. The predicted molar refractivity (Wildman–Crippen MR) is 51.5 cm³/mol. The molecule has 2 aromatic rings. The van der Waals surface area contributed by atoms with E-state index in [-0.39, 0.29) is 16.1 Å². The fourth-order valence-electron chi connectivity index (χ4n) is 1.18. The number of carbonyl (C=O) groups is 1. The van der Waals surface area contributed by atoms with Crippen molar-refractivity contribution in [3.63, 3.8) is 0 Å². The molecule has 0 spiro atoms. The van der Waals surface area contributed by atoms with Gasteiger partial charge in [0, 0.05) is 5.39 Å². The van der Waals surface area contributed by atoms with Crippen LogP contribution in [0.1, 0.15) is 10.5 Å². The van der Waals surface area contributed by atoms with Crippen LogP contribution in [0.4, 0.5) is 4.39 Å². The molecule has 0 bridgehead atoms. The highest BCUT2D eigenvalue weighted by Crippen LogP contribution is 2.24. The third kappa shape index (κ3) is 1.61. The van der Waals surface area contributed by atoms with Crippen molar-refractivity contribution in [3.8, 4) is 0 Å². The highest BCUT2D eigenvalue weighted by Gasteiger charge is 2.14. The molecule has 0 aliphatic rings. The van der Waals surface area contributed by atoms with Gasteiger partial charge in [-0.1, -0.05) is 11.6 Å². The fourth-order valence-corrected chi connectivity index (χ4v) is 1.45. The number of hydrogen-bond acceptors (Lipinski definition) is 3. The highest BCUT2D eigenvalue weighted by molar-refractivity contribution is 6.37. The van der Waals surface area contributed by atoms with Gasteiger partial charge in [0.25, 0.3) is 0 Å². The molecule has 0 amide bonds. The lowest BCUT2D eigenvalue weighted by molar-refractivity contribution is 0.0689. The van der Waals surface area contributed by atoms with Crippen LogP contribution in [0.2, 0.25) is 5.02 Å². The second-order valence-electron chi connectivity index (χ2n) is 2.83. The van der Waals surface area contributed by atoms with Crippen molar-refractivity contribution in [2.45, 2.75) is 0 Å². The molecular formula is C9H4ClFN2O2. The first-order chi connectivity index (χ1) is 7.09. The van der Waals surface area contributed by atoms with E-state index in [4.69, 9.17) is 16.7 Å². The van der Waals surface area contributed by atoms with Gasteiger partial charge in [-0.2, -0.15) is 0 Å². The Bertz CT molecular complexity index is 559. The van der Waals surface area contributed by atoms with Crippen LogP contribution in [-0.4, -0.2) is 21.3 Å². The molecule has 0 unspecified atom stereocenters. The average molecular weight is 227 g/mol. The summed E-state index contributed by atoms with van der Waals surface area (Å²) in [6.07, 6.45) is 0. The number of carboxylic acid groups (broad SMARTS) is 1. The second kappa shape index (κ2) is 3.43. The van der Waals surface area contributed by atoms with Gasteiger partial charge in [-0.25, -0.2) is 9.18 Å². The van der Waals surface area contributed by atoms with Gasteiger partial charge in [0.15, 0.2) is 5.69 Å². The SMILES string of the molecule is O=C(O)c1nnc2ccc(F)cc2c1Cl. The van der Waals surface area contributed by atoms with E-state index in [1.807, 2.05) is 0 Å². The number of rotatable bonds is 1. The fraction of sp³-hybridized carbons (Fsp3) is 0. The van der Waals surface area contributed by atoms with Crippen LogP contribution in [0.15, 0.2) is 18.2 Å². The number of fused-ring (bicyclic) bond motifs is 1. The van der Waals surface area contributed by atoms with Gasteiger partial charge in [0.2, 0.25) is 0 Å². The molecular weight excluding hydrogens is 223 g/mol. The Balaban J connectivity index is 2.82. The summed E-state index contributed by atoms with van der Waals surface area (Å²) >= 11 is 5.76. The van der Waals surface area contributed by atoms with Crippen LogP contribution in [0, 0.1) is 5.82 Å². The van der Waals surface area contributed by atoms with Gasteiger partial charge in [-0.3, -0.25) is 0 Å². The van der Waals surface area contributed by atoms with E-state index in [1.54, 1.807) is 0 Å². The van der Waals surface area contributed by atoms with E-state index in [0.29, 0.717) is 5.52 Å². The van der Waals surface area contributed by atoms with Crippen molar-refractivity contribution in [2.75, 3.05) is 0 Å². The van der Waals surface area contributed by atoms with E-state index in [1.165, 1.54) is 12.1 Å². The Hall–Kier alpha value is -1.75. The van der Waals surface area contributed by atoms with Gasteiger partial charge in [0.05, 0.1) is 10.5 Å². The van der Waals surface area contributed by atoms with Crippen molar-refractivity contribution >= 4 is 28.5 Å². The largest absolute Gasteiger partial charge is 0.476 e. The quantitative estimate of drug-likeness (QED) is 0.809. The van der Waals surface area contributed by atoms with Crippen molar-refractivity contribution in [1.29, 1.82) is 0 Å². The molecule has 0 fully saturated rings. The lowest BCUT2D eigenvalue weighted by Crippen LogP contribution is -2.03. The van der Waals surface area contributed by atoms with Crippen LogP contribution in [0.3, 0.4) is 0 Å². The van der Waals surface area contributed by atoms with E-state index in [2.05, 4.69) is 10.2 Å². The molecule has 6 heteroatoms. The minimum absolute atomic E-state index is 0.105. The summed E-state index contributed by atoms with van der Waals surface area (Å²) in [7, 11) is 0. The molecule has 1 aromatic carbocycles. The predicted octanol–water partition coefficient (Wildman–Crippen LogP) is 2.12. The Morgan fingerprint density at radius 1 is 1.40 bits per heavy atom. The van der Waals surface area contributed by atoms with E-state index in [9.17, 15) is 9.18 Å². The van der Waals surface area contributed by atoms with E-state index < -0.39 is 11.8 Å². The zero-order valence-electron chi connectivity index (χ0n) is 7.24. The first-order valence-electron chi connectivity index (χ1n) is 3.94. The number of halogens is 2. The standard InChI is InChI=1S/C9H4ClFN2O2/c10-7-5-3-4(11)1-2-6(5)12-13-8(7)9(14)15/h1-3H,(H,14,15). The van der Waals surface area contributed by atoms with Crippen LogP contribution >= 0.6 is 11.6 Å². The molecule has 0 aliphatic carbocycles. The maximum atomic E-state index is 12.9. The van der Waals surface area contributed by atoms with Gasteiger partial charge >= 0.3 is 5.97 Å². The summed E-state index contributed by atoms with van der Waals surface area (Å²) in [5.41, 5.74) is -0.0267. The smallest absolute Gasteiger partial charge is 0.358 e. The molecule has 1 N–H and O–H groups in total. The van der Waals surface area contributed by atoms with Crippen LogP contribution in [0.25, 0.3) is 10.9 Å². The third-order valence-corrected chi connectivity index (χ3v) is 2.25. The summed E-state index contributed by atoms with van der Waals surface area (Å²) in [5.74, 6) is -1.80. The maximum Gasteiger partial charge on any atom is 0.358 e. The first kappa shape index (κ1) is 9.79. The van der Waals surface area contributed by atoms with Crippen LogP contribution < -0.4 is 0 Å². The maximum absolute atomic E-state index is 12.9. The Labute approximate surface area is 88.3 Å². The van der Waals surface area contributed by atoms with Gasteiger partial charge in [-0.15, -0.1) is 10.2 Å². The summed E-state index contributed by atoms with van der Waals surface area (Å²) in [6, 6.07) is 3.71. The summed E-state index contributed by atoms with van der Waals surface area (Å²) < 4.78 is 12.9. The Kier molecular flexibility index (Phi) is 2.24. The van der Waals surface area contributed by atoms with Crippen LogP contribution in [-0.2, 0) is 0 Å². The number of carboxylic acids is 1. The number of benzene rings is 1. The molecule has 0 saturated carbocycles. The minimum atomic E-state index is -1.29. The molecule has 0 aliphatic heterocycles.